The van der Waals surface area contributed by atoms with Crippen LogP contribution in [-0.4, -0.2) is 49.2 Å². The Morgan fingerprint density at radius 3 is 2.59 bits per heavy atom. The van der Waals surface area contributed by atoms with E-state index in [0.717, 1.165) is 12.1 Å². The van der Waals surface area contributed by atoms with Crippen molar-refractivity contribution in [3.05, 3.63) is 58.2 Å². The smallest absolute Gasteiger partial charge is 0.262 e. The lowest BCUT2D eigenvalue weighted by Gasteiger charge is -2.36. The maximum Gasteiger partial charge on any atom is 0.262 e. The van der Waals surface area contributed by atoms with Crippen LogP contribution in [0.25, 0.3) is 16.7 Å². The van der Waals surface area contributed by atoms with Crippen molar-refractivity contribution in [1.29, 1.82) is 0 Å². The lowest BCUT2D eigenvalue weighted by Crippen LogP contribution is -2.47. The largest absolute Gasteiger partial charge is 0.388 e. The Kier molecular flexibility index (Phi) is 4.49. The molecule has 1 amide bonds. The number of hydrogen-bond acceptors (Lipinski definition) is 4. The number of benzene rings is 1. The number of fused-ring (bicyclic) bond motifs is 1. The molecule has 1 saturated heterocycles. The first-order valence-corrected chi connectivity index (χ1v) is 9.12. The second kappa shape index (κ2) is 6.83. The molecule has 8 heteroatoms. The Hall–Kier alpha value is -2.64. The zero-order valence-electron chi connectivity index (χ0n) is 14.6. The molecular weight excluding hydrogens is 368 g/mol. The van der Waals surface area contributed by atoms with Crippen LogP contribution in [0.2, 0.25) is 5.15 Å². The highest BCUT2D eigenvalue weighted by atomic mass is 35.5. The maximum atomic E-state index is 12.9. The van der Waals surface area contributed by atoms with E-state index in [1.807, 2.05) is 30.3 Å². The van der Waals surface area contributed by atoms with Crippen LogP contribution in [0.3, 0.4) is 0 Å². The number of halogens is 1. The van der Waals surface area contributed by atoms with E-state index in [-0.39, 0.29) is 12.1 Å². The van der Waals surface area contributed by atoms with Gasteiger partial charge in [-0.1, -0.05) is 29.8 Å². The van der Waals surface area contributed by atoms with Crippen LogP contribution in [0.1, 0.15) is 12.8 Å². The van der Waals surface area contributed by atoms with Gasteiger partial charge in [-0.05, 0) is 31.0 Å². The molecule has 0 unspecified atom stereocenters. The predicted octanol–water partition coefficient (Wildman–Crippen LogP) is 1.82. The van der Waals surface area contributed by atoms with Crippen molar-refractivity contribution in [3.8, 4) is 5.69 Å². The summed E-state index contributed by atoms with van der Waals surface area (Å²) in [6.07, 6.45) is 3.07. The molecule has 0 spiro atoms. The molecule has 1 N–H and O–H groups in total. The number of rotatable bonds is 4. The zero-order valence-corrected chi connectivity index (χ0v) is 15.3. The van der Waals surface area contributed by atoms with E-state index < -0.39 is 5.60 Å². The van der Waals surface area contributed by atoms with Crippen LogP contribution in [0.4, 0.5) is 0 Å². The van der Waals surface area contributed by atoms with E-state index in [9.17, 15) is 14.7 Å². The molecule has 4 rings (SSSR count). The predicted molar refractivity (Wildman–Crippen MR) is 102 cm³/mol. The monoisotopic (exact) mass is 386 g/mol. The Labute approximate surface area is 160 Å². The highest BCUT2D eigenvalue weighted by Crippen LogP contribution is 2.26. The average molecular weight is 387 g/mol. The minimum atomic E-state index is -1.04. The molecule has 0 radical (unpaired) electrons. The number of aromatic nitrogens is 3. The molecule has 1 fully saturated rings. The number of carbonyl (C=O) groups is 1. The van der Waals surface area contributed by atoms with Crippen LogP contribution in [0.5, 0.6) is 0 Å². The minimum absolute atomic E-state index is 0.135. The highest BCUT2D eigenvalue weighted by molar-refractivity contribution is 6.31. The summed E-state index contributed by atoms with van der Waals surface area (Å²) in [6.45, 7) is 1.08. The summed E-state index contributed by atoms with van der Waals surface area (Å²) in [4.78, 5) is 29.8. The quantitative estimate of drug-likeness (QED) is 0.693. The summed E-state index contributed by atoms with van der Waals surface area (Å²) in [6, 6.07) is 11.1. The fourth-order valence-electron chi connectivity index (χ4n) is 3.54. The van der Waals surface area contributed by atoms with Crippen molar-refractivity contribution < 1.29 is 9.90 Å². The van der Waals surface area contributed by atoms with E-state index in [1.54, 1.807) is 15.5 Å². The molecule has 0 aliphatic carbocycles. The SMILES string of the molecule is O=CN1CCC(O)(Cn2cnc3c(cc(Cl)n3-c3ccccc3)c2=O)CC1. The number of likely N-dealkylation sites (tertiary alicyclic amines) is 1. The number of nitrogens with zero attached hydrogens (tertiary/aromatic N) is 4. The number of piperidine rings is 1. The summed E-state index contributed by atoms with van der Waals surface area (Å²) in [7, 11) is 0. The van der Waals surface area contributed by atoms with Crippen molar-refractivity contribution in [2.45, 2.75) is 25.0 Å². The number of aliphatic hydroxyl groups is 1. The normalized spacial score (nSPS) is 16.6. The first-order valence-electron chi connectivity index (χ1n) is 8.74. The molecule has 3 heterocycles. The van der Waals surface area contributed by atoms with Gasteiger partial charge in [0.1, 0.15) is 11.5 Å². The molecular formula is C19H19ClN4O3. The van der Waals surface area contributed by atoms with Crippen LogP contribution >= 0.6 is 11.6 Å². The molecule has 1 aliphatic heterocycles. The molecule has 0 saturated carbocycles. The summed E-state index contributed by atoms with van der Waals surface area (Å²) in [5, 5.41) is 11.6. The van der Waals surface area contributed by atoms with E-state index in [0.29, 0.717) is 42.1 Å². The van der Waals surface area contributed by atoms with Crippen molar-refractivity contribution >= 4 is 29.0 Å². The summed E-state index contributed by atoms with van der Waals surface area (Å²) >= 11 is 6.36. The van der Waals surface area contributed by atoms with Gasteiger partial charge in [-0.15, -0.1) is 0 Å². The Morgan fingerprint density at radius 2 is 1.93 bits per heavy atom. The van der Waals surface area contributed by atoms with Gasteiger partial charge in [-0.25, -0.2) is 4.98 Å². The minimum Gasteiger partial charge on any atom is -0.388 e. The number of hydrogen-bond donors (Lipinski definition) is 1. The average Bonchev–Trinajstić information content (AvgIpc) is 3.02. The molecule has 2 aromatic heterocycles. The van der Waals surface area contributed by atoms with Gasteiger partial charge in [0, 0.05) is 18.8 Å². The van der Waals surface area contributed by atoms with Gasteiger partial charge in [0.25, 0.3) is 5.56 Å². The van der Waals surface area contributed by atoms with E-state index in [4.69, 9.17) is 11.6 Å². The van der Waals surface area contributed by atoms with Gasteiger partial charge in [-0.3, -0.25) is 18.7 Å². The fraction of sp³-hybridized carbons (Fsp3) is 0.316. The standard InChI is InChI=1S/C19H19ClN4O3/c20-16-10-15-17(24(16)14-4-2-1-3-5-14)21-12-23(18(15)26)11-19(27)6-8-22(13-25)9-7-19/h1-5,10,12-13,27H,6-9,11H2. The highest BCUT2D eigenvalue weighted by Gasteiger charge is 2.33. The Morgan fingerprint density at radius 1 is 1.22 bits per heavy atom. The van der Waals surface area contributed by atoms with Gasteiger partial charge in [0.15, 0.2) is 5.65 Å². The lowest BCUT2D eigenvalue weighted by molar-refractivity contribution is -0.122. The van der Waals surface area contributed by atoms with Gasteiger partial charge in [-0.2, -0.15) is 0 Å². The van der Waals surface area contributed by atoms with Gasteiger partial charge in [0.2, 0.25) is 6.41 Å². The van der Waals surface area contributed by atoms with Crippen molar-refractivity contribution in [3.63, 3.8) is 0 Å². The second-order valence-corrected chi connectivity index (χ2v) is 7.31. The molecule has 0 atom stereocenters. The first-order chi connectivity index (χ1) is 13.0. The summed E-state index contributed by atoms with van der Waals surface area (Å²) < 4.78 is 3.14. The number of carbonyl (C=O) groups excluding carboxylic acids is 1. The van der Waals surface area contributed by atoms with E-state index in [1.165, 1.54) is 10.9 Å². The first kappa shape index (κ1) is 17.8. The topological polar surface area (TPSA) is 80.4 Å². The van der Waals surface area contributed by atoms with Crippen molar-refractivity contribution in [2.75, 3.05) is 13.1 Å². The Balaban J connectivity index is 1.70. The van der Waals surface area contributed by atoms with Gasteiger partial charge < -0.3 is 10.0 Å². The van der Waals surface area contributed by atoms with Crippen molar-refractivity contribution in [1.82, 2.24) is 19.0 Å². The van der Waals surface area contributed by atoms with Gasteiger partial charge >= 0.3 is 0 Å². The molecule has 1 aliphatic rings. The maximum absolute atomic E-state index is 12.9. The third-order valence-corrected chi connectivity index (χ3v) is 5.38. The van der Waals surface area contributed by atoms with E-state index >= 15 is 0 Å². The number of amides is 1. The molecule has 7 nitrogen and oxygen atoms in total. The fourth-order valence-corrected chi connectivity index (χ4v) is 3.83. The van der Waals surface area contributed by atoms with Crippen molar-refractivity contribution in [2.24, 2.45) is 0 Å². The van der Waals surface area contributed by atoms with Crippen LogP contribution in [0.15, 0.2) is 47.5 Å². The zero-order chi connectivity index (χ0) is 19.0. The summed E-state index contributed by atoms with van der Waals surface area (Å²) in [5.74, 6) is 0. The van der Waals surface area contributed by atoms with Crippen LogP contribution in [-0.2, 0) is 11.3 Å². The summed E-state index contributed by atoms with van der Waals surface area (Å²) in [5.41, 5.74) is 0.0184. The molecule has 140 valence electrons. The number of para-hydroxylation sites is 1. The molecule has 3 aromatic rings. The van der Waals surface area contributed by atoms with Crippen LogP contribution < -0.4 is 5.56 Å². The third kappa shape index (κ3) is 3.24. The molecule has 1 aromatic carbocycles. The Bertz CT molecular complexity index is 1040. The lowest BCUT2D eigenvalue weighted by atomic mass is 9.91. The molecule has 27 heavy (non-hydrogen) atoms. The van der Waals surface area contributed by atoms with E-state index in [2.05, 4.69) is 4.98 Å². The molecule has 0 bridgehead atoms. The van der Waals surface area contributed by atoms with Crippen LogP contribution in [0, 0.1) is 0 Å². The third-order valence-electron chi connectivity index (χ3n) is 5.10. The second-order valence-electron chi connectivity index (χ2n) is 6.92. The van der Waals surface area contributed by atoms with Gasteiger partial charge in [0.05, 0.1) is 17.5 Å².